The second-order valence-electron chi connectivity index (χ2n) is 18.4. The second kappa shape index (κ2) is 60.3. The van der Waals surface area contributed by atoms with Gasteiger partial charge in [-0.1, -0.05) is 228 Å². The van der Waals surface area contributed by atoms with Gasteiger partial charge in [-0.05, 0) is 135 Å². The molecule has 0 aromatic carbocycles. The summed E-state index contributed by atoms with van der Waals surface area (Å²) in [7, 11) is -4.42. The fraction of sp³-hybridized carbons (Fsp3) is 0.522. The van der Waals surface area contributed by atoms with Gasteiger partial charge < -0.3 is 20.1 Å². The smallest absolute Gasteiger partial charge is 0.462 e. The number of carbonyl (C=O) groups is 2. The SMILES string of the molecule is CC/C=C\C/C=C\C/C=C\C/C=C\C/C=C\C/C=C\C/C=C\C/C=C\C/C=C\C/C=C\C/C=C\CCCCCC(=O)OC(COC(=O)CCCCCCCC/C=C\C/C=C\C/C=C\C/C=C\CC)COP(=O)(O)OCCN. The van der Waals surface area contributed by atoms with Crippen molar-refractivity contribution in [2.75, 3.05) is 26.4 Å². The van der Waals surface area contributed by atoms with Crippen molar-refractivity contribution in [2.24, 2.45) is 5.73 Å². The van der Waals surface area contributed by atoms with Crippen molar-refractivity contribution in [3.63, 3.8) is 0 Å². The van der Waals surface area contributed by atoms with Crippen LogP contribution in [0.2, 0.25) is 0 Å². The standard InChI is InChI=1S/C67H104NO8P/c1-3-5-7-9-11-13-15-17-19-21-23-24-25-26-27-28-29-30-31-32-33-34-35-36-37-38-39-40-42-44-46-48-50-52-54-56-58-60-67(70)76-65(64-75-77(71,72)74-62-61-68)63-73-66(69)59-57-55-53-51-49-47-45-43-41-22-20-18-16-14-12-10-8-6-4-2/h5-8,11-14,17-20,23-24,26-27,29-30,32-33,35-36,38-39,41-44,48,50,65H,3-4,9-10,15-16,21-22,25,28,31,34,37,40,45-47,49,51-64,68H2,1-2H3,(H,71,72)/b7-5-,8-6-,13-11-,14-12-,19-17-,20-18-,24-23-,27-26-,30-29-,33-32-,36-35-,39-38-,43-41-,44-42-,50-48-. The Balaban J connectivity index is 4.14. The van der Waals surface area contributed by atoms with E-state index in [4.69, 9.17) is 24.3 Å². The molecule has 0 aromatic rings. The van der Waals surface area contributed by atoms with Crippen LogP contribution in [-0.4, -0.2) is 49.3 Å². The van der Waals surface area contributed by atoms with E-state index in [0.717, 1.165) is 154 Å². The average Bonchev–Trinajstić information content (AvgIpc) is 3.42. The van der Waals surface area contributed by atoms with Crippen LogP contribution in [0.15, 0.2) is 182 Å². The molecule has 9 nitrogen and oxygen atoms in total. The Kier molecular flexibility index (Phi) is 56.5. The number of ether oxygens (including phenoxy) is 2. The minimum atomic E-state index is -4.42. The van der Waals surface area contributed by atoms with Crippen LogP contribution in [0.1, 0.15) is 194 Å². The first kappa shape index (κ1) is 72.1. The summed E-state index contributed by atoms with van der Waals surface area (Å²) in [6, 6.07) is 0. The zero-order valence-corrected chi connectivity index (χ0v) is 48.7. The van der Waals surface area contributed by atoms with Gasteiger partial charge in [-0.15, -0.1) is 0 Å². The third-order valence-electron chi connectivity index (χ3n) is 11.3. The predicted molar refractivity (Wildman–Crippen MR) is 329 cm³/mol. The number of esters is 2. The molecular formula is C67H104NO8P. The Bertz CT molecular complexity index is 1910. The highest BCUT2D eigenvalue weighted by Crippen LogP contribution is 2.43. The number of rotatable bonds is 52. The third kappa shape index (κ3) is 60.2. The third-order valence-corrected chi connectivity index (χ3v) is 12.3. The molecule has 0 amide bonds. The molecule has 0 aliphatic carbocycles. The summed E-state index contributed by atoms with van der Waals surface area (Å²) >= 11 is 0. The van der Waals surface area contributed by atoms with Crippen LogP contribution < -0.4 is 5.73 Å². The molecule has 0 bridgehead atoms. The summed E-state index contributed by atoms with van der Waals surface area (Å²) < 4.78 is 32.9. The molecule has 0 saturated carbocycles. The van der Waals surface area contributed by atoms with E-state index in [1.807, 2.05) is 0 Å². The quantitative estimate of drug-likeness (QED) is 0.0264. The molecule has 0 aromatic heterocycles. The summed E-state index contributed by atoms with van der Waals surface area (Å²) in [6.07, 6.45) is 90.9. The Morgan fingerprint density at radius 3 is 1.01 bits per heavy atom. The molecule has 0 fully saturated rings. The van der Waals surface area contributed by atoms with Crippen LogP contribution in [0, 0.1) is 0 Å². The predicted octanol–water partition coefficient (Wildman–Crippen LogP) is 18.8. The van der Waals surface area contributed by atoms with Gasteiger partial charge in [0.2, 0.25) is 0 Å². The van der Waals surface area contributed by atoms with Crippen LogP contribution in [0.25, 0.3) is 0 Å². The Morgan fingerprint density at radius 1 is 0.390 bits per heavy atom. The summed E-state index contributed by atoms with van der Waals surface area (Å²) in [5.41, 5.74) is 5.37. The lowest BCUT2D eigenvalue weighted by Gasteiger charge is -2.19. The zero-order chi connectivity index (χ0) is 55.9. The van der Waals surface area contributed by atoms with Gasteiger partial charge in [0.1, 0.15) is 6.61 Å². The summed E-state index contributed by atoms with van der Waals surface area (Å²) in [5.74, 6) is -0.900. The fourth-order valence-electron chi connectivity index (χ4n) is 7.04. The van der Waals surface area contributed by atoms with Crippen molar-refractivity contribution < 1.29 is 37.6 Å². The minimum absolute atomic E-state index is 0.0347. The lowest BCUT2D eigenvalue weighted by molar-refractivity contribution is -0.161. The number of phosphoric ester groups is 1. The van der Waals surface area contributed by atoms with E-state index in [1.54, 1.807) is 0 Å². The molecule has 0 aliphatic rings. The molecule has 430 valence electrons. The lowest BCUT2D eigenvalue weighted by atomic mass is 10.1. The Hall–Kier alpha value is -4.89. The minimum Gasteiger partial charge on any atom is -0.462 e. The zero-order valence-electron chi connectivity index (χ0n) is 47.9. The van der Waals surface area contributed by atoms with E-state index in [1.165, 1.54) is 0 Å². The molecule has 2 unspecified atom stereocenters. The molecule has 0 radical (unpaired) electrons. The molecule has 0 saturated heterocycles. The normalized spacial score (nSPS) is 14.4. The number of phosphoric acid groups is 1. The van der Waals surface area contributed by atoms with Crippen LogP contribution in [-0.2, 0) is 32.7 Å². The van der Waals surface area contributed by atoms with Gasteiger partial charge in [0.05, 0.1) is 13.2 Å². The van der Waals surface area contributed by atoms with E-state index in [-0.39, 0.29) is 32.6 Å². The van der Waals surface area contributed by atoms with Gasteiger partial charge in [0.15, 0.2) is 6.10 Å². The highest BCUT2D eigenvalue weighted by atomic mass is 31.2. The number of carbonyl (C=O) groups excluding carboxylic acids is 2. The number of nitrogens with two attached hydrogens (primary N) is 1. The highest BCUT2D eigenvalue weighted by molar-refractivity contribution is 7.47. The molecule has 0 heterocycles. The van der Waals surface area contributed by atoms with Gasteiger partial charge in [-0.2, -0.15) is 0 Å². The molecular weight excluding hydrogens is 978 g/mol. The van der Waals surface area contributed by atoms with E-state index in [0.29, 0.717) is 12.8 Å². The molecule has 2 atom stereocenters. The van der Waals surface area contributed by atoms with Crippen molar-refractivity contribution in [2.45, 2.75) is 200 Å². The molecule has 77 heavy (non-hydrogen) atoms. The first-order valence-corrected chi connectivity index (χ1v) is 30.8. The monoisotopic (exact) mass is 1080 g/mol. The Labute approximate surface area is 469 Å². The first-order chi connectivity index (χ1) is 37.8. The number of unbranched alkanes of at least 4 members (excludes halogenated alkanes) is 9. The van der Waals surface area contributed by atoms with Crippen molar-refractivity contribution in [3.05, 3.63) is 182 Å². The topological polar surface area (TPSA) is 134 Å². The maximum atomic E-state index is 12.7. The summed E-state index contributed by atoms with van der Waals surface area (Å²) in [6.45, 7) is 3.42. The maximum Gasteiger partial charge on any atom is 0.472 e. The number of hydrogen-bond donors (Lipinski definition) is 2. The molecule has 0 rings (SSSR count). The van der Waals surface area contributed by atoms with Gasteiger partial charge in [0.25, 0.3) is 0 Å². The van der Waals surface area contributed by atoms with Crippen molar-refractivity contribution in [1.29, 1.82) is 0 Å². The highest BCUT2D eigenvalue weighted by Gasteiger charge is 2.26. The van der Waals surface area contributed by atoms with Gasteiger partial charge in [-0.3, -0.25) is 18.6 Å². The molecule has 3 N–H and O–H groups in total. The van der Waals surface area contributed by atoms with Crippen molar-refractivity contribution >= 4 is 19.8 Å². The maximum absolute atomic E-state index is 12.7. The van der Waals surface area contributed by atoms with Crippen molar-refractivity contribution in [3.8, 4) is 0 Å². The Morgan fingerprint density at radius 2 is 0.675 bits per heavy atom. The van der Waals surface area contributed by atoms with Gasteiger partial charge >= 0.3 is 19.8 Å². The first-order valence-electron chi connectivity index (χ1n) is 29.3. The molecule has 0 spiro atoms. The van der Waals surface area contributed by atoms with E-state index in [9.17, 15) is 19.0 Å². The van der Waals surface area contributed by atoms with Gasteiger partial charge in [-0.25, -0.2) is 4.57 Å². The van der Waals surface area contributed by atoms with E-state index in [2.05, 4.69) is 196 Å². The van der Waals surface area contributed by atoms with Crippen LogP contribution in [0.3, 0.4) is 0 Å². The van der Waals surface area contributed by atoms with Crippen LogP contribution in [0.4, 0.5) is 0 Å². The second-order valence-corrected chi connectivity index (χ2v) is 19.8. The summed E-state index contributed by atoms with van der Waals surface area (Å²) in [5, 5.41) is 0. The van der Waals surface area contributed by atoms with Crippen molar-refractivity contribution in [1.82, 2.24) is 0 Å². The molecule has 10 heteroatoms. The van der Waals surface area contributed by atoms with Gasteiger partial charge in [0, 0.05) is 19.4 Å². The molecule has 0 aliphatic heterocycles. The summed E-state index contributed by atoms with van der Waals surface area (Å²) in [4.78, 5) is 35.2. The van der Waals surface area contributed by atoms with E-state index < -0.39 is 32.5 Å². The average molecular weight is 1080 g/mol. The fourth-order valence-corrected chi connectivity index (χ4v) is 7.81. The number of hydrogen-bond acceptors (Lipinski definition) is 8. The van der Waals surface area contributed by atoms with Crippen LogP contribution >= 0.6 is 7.82 Å². The van der Waals surface area contributed by atoms with Crippen LogP contribution in [0.5, 0.6) is 0 Å². The van der Waals surface area contributed by atoms with E-state index >= 15 is 0 Å². The lowest BCUT2D eigenvalue weighted by Crippen LogP contribution is -2.29. The number of allylic oxidation sites excluding steroid dienone is 30. The largest absolute Gasteiger partial charge is 0.472 e.